The molecule has 0 aromatic rings. The topological polar surface area (TPSA) is 116 Å². The summed E-state index contributed by atoms with van der Waals surface area (Å²) in [6.07, 6.45) is 2.25. The molecule has 0 fully saturated rings. The predicted octanol–water partition coefficient (Wildman–Crippen LogP) is -0.123. The molecule has 8 heteroatoms. The van der Waals surface area contributed by atoms with Gasteiger partial charge < -0.3 is 21.3 Å². The lowest BCUT2D eigenvalue weighted by Gasteiger charge is -2.06. The molecule has 132 valence electrons. The van der Waals surface area contributed by atoms with Gasteiger partial charge in [-0.25, -0.2) is 0 Å². The first-order valence-electron chi connectivity index (χ1n) is 6.83. The van der Waals surface area contributed by atoms with Crippen molar-refractivity contribution in [3.8, 4) is 0 Å². The van der Waals surface area contributed by atoms with E-state index in [4.69, 9.17) is 0 Å². The number of amides is 4. The van der Waals surface area contributed by atoms with E-state index in [1.54, 1.807) is 13.8 Å². The number of carbonyl (C=O) groups excluding carboxylic acids is 4. The van der Waals surface area contributed by atoms with Crippen LogP contribution >= 0.6 is 0 Å². The van der Waals surface area contributed by atoms with Crippen LogP contribution in [0.2, 0.25) is 0 Å². The zero-order valence-corrected chi connectivity index (χ0v) is 14.0. The van der Waals surface area contributed by atoms with Crippen molar-refractivity contribution in [1.82, 2.24) is 21.3 Å². The van der Waals surface area contributed by atoms with E-state index in [1.807, 2.05) is 0 Å². The van der Waals surface area contributed by atoms with Crippen molar-refractivity contribution in [1.29, 1.82) is 0 Å². The highest BCUT2D eigenvalue weighted by atomic mass is 16.2. The van der Waals surface area contributed by atoms with Crippen LogP contribution in [0.15, 0.2) is 49.6 Å². The van der Waals surface area contributed by atoms with Gasteiger partial charge in [0.15, 0.2) is 0 Å². The Bertz CT molecular complexity index is 492. The molecule has 0 aliphatic rings. The average molecular weight is 336 g/mol. The van der Waals surface area contributed by atoms with Gasteiger partial charge in [-0.15, -0.1) is 0 Å². The summed E-state index contributed by atoms with van der Waals surface area (Å²) in [6, 6.07) is 0. The number of carbonyl (C=O) groups is 4. The smallest absolute Gasteiger partial charge is 0.247 e. The highest BCUT2D eigenvalue weighted by molar-refractivity contribution is 5.94. The normalized spacial score (nSPS) is 8.42. The van der Waals surface area contributed by atoms with Crippen molar-refractivity contribution < 1.29 is 19.2 Å². The molecule has 24 heavy (non-hydrogen) atoms. The fraction of sp³-hybridized carbons (Fsp3) is 0.250. The Hall–Kier alpha value is -3.16. The van der Waals surface area contributed by atoms with Crippen molar-refractivity contribution >= 4 is 23.6 Å². The Kier molecular flexibility index (Phi) is 13.0. The molecule has 8 nitrogen and oxygen atoms in total. The van der Waals surface area contributed by atoms with E-state index in [-0.39, 0.29) is 37.0 Å². The quantitative estimate of drug-likeness (QED) is 0.365. The SMILES string of the molecule is C=C(C)C(=O)NCNC(=O)C(=C)C.C=CC(=O)NCNC(=O)C=C. The van der Waals surface area contributed by atoms with Gasteiger partial charge in [0, 0.05) is 11.1 Å². The Labute approximate surface area is 141 Å². The van der Waals surface area contributed by atoms with E-state index >= 15 is 0 Å². The van der Waals surface area contributed by atoms with Gasteiger partial charge in [0.1, 0.15) is 0 Å². The summed E-state index contributed by atoms with van der Waals surface area (Å²) < 4.78 is 0. The van der Waals surface area contributed by atoms with E-state index in [9.17, 15) is 19.2 Å². The molecule has 0 aromatic carbocycles. The van der Waals surface area contributed by atoms with Crippen LogP contribution in [0.25, 0.3) is 0 Å². The molecule has 0 bridgehead atoms. The van der Waals surface area contributed by atoms with Crippen LogP contribution in [-0.2, 0) is 19.2 Å². The van der Waals surface area contributed by atoms with Crippen LogP contribution in [-0.4, -0.2) is 37.0 Å². The summed E-state index contributed by atoms with van der Waals surface area (Å²) >= 11 is 0. The molecule has 0 atom stereocenters. The second-order valence-corrected chi connectivity index (χ2v) is 4.42. The lowest BCUT2D eigenvalue weighted by atomic mass is 10.3. The minimum Gasteiger partial charge on any atom is -0.335 e. The van der Waals surface area contributed by atoms with Gasteiger partial charge in [-0.1, -0.05) is 26.3 Å². The molecule has 0 heterocycles. The number of rotatable bonds is 8. The maximum atomic E-state index is 10.9. The zero-order valence-electron chi connectivity index (χ0n) is 14.0. The largest absolute Gasteiger partial charge is 0.335 e. The van der Waals surface area contributed by atoms with E-state index in [0.717, 1.165) is 12.2 Å². The monoisotopic (exact) mass is 336 g/mol. The van der Waals surface area contributed by atoms with Crippen molar-refractivity contribution in [2.75, 3.05) is 13.3 Å². The van der Waals surface area contributed by atoms with Gasteiger partial charge in [-0.2, -0.15) is 0 Å². The molecular weight excluding hydrogens is 312 g/mol. The summed E-state index contributed by atoms with van der Waals surface area (Å²) in [7, 11) is 0. The Morgan fingerprint density at radius 2 is 1.00 bits per heavy atom. The predicted molar refractivity (Wildman–Crippen MR) is 92.3 cm³/mol. The van der Waals surface area contributed by atoms with E-state index in [0.29, 0.717) is 11.1 Å². The van der Waals surface area contributed by atoms with Gasteiger partial charge >= 0.3 is 0 Å². The van der Waals surface area contributed by atoms with Gasteiger partial charge in [0.2, 0.25) is 23.6 Å². The fourth-order valence-corrected chi connectivity index (χ4v) is 0.869. The molecule has 0 aromatic heterocycles. The first-order valence-corrected chi connectivity index (χ1v) is 6.83. The second kappa shape index (κ2) is 13.5. The summed E-state index contributed by atoms with van der Waals surface area (Å²) in [6.45, 7) is 16.7. The van der Waals surface area contributed by atoms with Gasteiger partial charge in [-0.05, 0) is 26.0 Å². The molecule has 0 aliphatic carbocycles. The van der Waals surface area contributed by atoms with Crippen LogP contribution < -0.4 is 21.3 Å². The number of hydrogen-bond acceptors (Lipinski definition) is 4. The maximum Gasteiger partial charge on any atom is 0.247 e. The fourth-order valence-electron chi connectivity index (χ4n) is 0.869. The standard InChI is InChI=1S/C9H14N2O2.C7H10N2O2/c1-6(2)8(12)10-5-11-9(13)7(3)4;1-3-6(10)8-5-9-7(11)4-2/h1,3,5H2,2,4H3,(H,10,12)(H,11,13);3-4H,1-2,5H2,(H,8,10)(H,9,11). The molecule has 4 amide bonds. The average Bonchev–Trinajstić information content (AvgIpc) is 2.54. The highest BCUT2D eigenvalue weighted by Gasteiger charge is 2.02. The minimum absolute atomic E-state index is 0.0930. The summed E-state index contributed by atoms with van der Waals surface area (Å²) in [4.78, 5) is 42.8. The van der Waals surface area contributed by atoms with E-state index in [2.05, 4.69) is 47.6 Å². The van der Waals surface area contributed by atoms with E-state index < -0.39 is 0 Å². The minimum atomic E-state index is -0.325. The third kappa shape index (κ3) is 13.8. The van der Waals surface area contributed by atoms with Crippen LogP contribution in [0.5, 0.6) is 0 Å². The molecule has 0 rings (SSSR count). The van der Waals surface area contributed by atoms with Crippen LogP contribution in [0, 0.1) is 0 Å². The summed E-state index contributed by atoms with van der Waals surface area (Å²) in [5.41, 5.74) is 0.814. The molecule has 0 saturated carbocycles. The Morgan fingerprint density at radius 1 is 0.708 bits per heavy atom. The Morgan fingerprint density at radius 3 is 1.25 bits per heavy atom. The molecule has 0 saturated heterocycles. The van der Waals surface area contributed by atoms with Crippen LogP contribution in [0.3, 0.4) is 0 Å². The molecule has 0 radical (unpaired) electrons. The van der Waals surface area contributed by atoms with Crippen molar-refractivity contribution in [3.05, 3.63) is 49.6 Å². The lowest BCUT2D eigenvalue weighted by Crippen LogP contribution is -2.37. The van der Waals surface area contributed by atoms with Gasteiger partial charge in [-0.3, -0.25) is 19.2 Å². The van der Waals surface area contributed by atoms with Crippen molar-refractivity contribution in [2.45, 2.75) is 13.8 Å². The molecule has 0 unspecified atom stereocenters. The summed E-state index contributed by atoms with van der Waals surface area (Å²) in [5, 5.41) is 9.63. The van der Waals surface area contributed by atoms with Crippen LogP contribution in [0.1, 0.15) is 13.8 Å². The van der Waals surface area contributed by atoms with E-state index in [1.165, 1.54) is 0 Å². The van der Waals surface area contributed by atoms with Crippen LogP contribution in [0.4, 0.5) is 0 Å². The first-order chi connectivity index (χ1) is 11.1. The summed E-state index contributed by atoms with van der Waals surface area (Å²) in [5.74, 6) is -1.20. The first kappa shape index (κ1) is 23.1. The van der Waals surface area contributed by atoms with Gasteiger partial charge in [0.05, 0.1) is 13.3 Å². The van der Waals surface area contributed by atoms with Crippen molar-refractivity contribution in [2.24, 2.45) is 0 Å². The third-order valence-corrected chi connectivity index (χ3v) is 2.17. The second-order valence-electron chi connectivity index (χ2n) is 4.42. The number of hydrogen-bond donors (Lipinski definition) is 4. The van der Waals surface area contributed by atoms with Gasteiger partial charge in [0.25, 0.3) is 0 Å². The third-order valence-electron chi connectivity index (χ3n) is 2.17. The van der Waals surface area contributed by atoms with Crippen molar-refractivity contribution in [3.63, 3.8) is 0 Å². The zero-order chi connectivity index (χ0) is 19.1. The molecular formula is C16H24N4O4. The maximum absolute atomic E-state index is 10.9. The highest BCUT2D eigenvalue weighted by Crippen LogP contribution is 1.85. The Balaban J connectivity index is 0. The molecule has 0 spiro atoms. The molecule has 0 aliphatic heterocycles. The molecule has 4 N–H and O–H groups in total. The lowest BCUT2D eigenvalue weighted by molar-refractivity contribution is -0.120. The number of nitrogens with one attached hydrogen (secondary N) is 4.